The van der Waals surface area contributed by atoms with Crippen molar-refractivity contribution in [1.29, 1.82) is 0 Å². The normalized spacial score (nSPS) is 21.7. The fourth-order valence-corrected chi connectivity index (χ4v) is 6.11. The fourth-order valence-electron chi connectivity index (χ4n) is 6.11. The molecule has 2 aromatic rings. The third-order valence-electron chi connectivity index (χ3n) is 8.53. The Bertz CT molecular complexity index is 1620. The zero-order valence-corrected chi connectivity index (χ0v) is 24.5. The molecule has 10 heteroatoms. The van der Waals surface area contributed by atoms with Gasteiger partial charge in [0.2, 0.25) is 0 Å². The third-order valence-corrected chi connectivity index (χ3v) is 8.53. The van der Waals surface area contributed by atoms with Crippen molar-refractivity contribution in [2.75, 3.05) is 27.4 Å². The average molecular weight is 583 g/mol. The summed E-state index contributed by atoms with van der Waals surface area (Å²) in [5, 5.41) is 0. The molecular weight excluding hydrogens is 548 g/mol. The van der Waals surface area contributed by atoms with Gasteiger partial charge in [-0.25, -0.2) is 0 Å². The van der Waals surface area contributed by atoms with Crippen molar-refractivity contribution in [2.45, 2.75) is 51.1 Å². The molecule has 4 heterocycles. The topological polar surface area (TPSA) is 102 Å². The highest BCUT2D eigenvalue weighted by molar-refractivity contribution is 6.05. The molecule has 2 atom stereocenters. The van der Waals surface area contributed by atoms with Crippen molar-refractivity contribution >= 4 is 35.6 Å². The lowest BCUT2D eigenvalue weighted by Crippen LogP contribution is -2.32. The predicted molar refractivity (Wildman–Crippen MR) is 162 cm³/mol. The monoisotopic (exact) mass is 582 g/mol. The van der Waals surface area contributed by atoms with Crippen LogP contribution in [0.2, 0.25) is 0 Å². The van der Waals surface area contributed by atoms with Crippen molar-refractivity contribution in [3.8, 4) is 23.0 Å². The third kappa shape index (κ3) is 5.04. The molecule has 0 bridgehead atoms. The highest BCUT2D eigenvalue weighted by Crippen LogP contribution is 2.44. The largest absolute Gasteiger partial charge is 0.493 e. The van der Waals surface area contributed by atoms with Crippen LogP contribution in [0, 0.1) is 5.92 Å². The van der Waals surface area contributed by atoms with Gasteiger partial charge in [0, 0.05) is 43.4 Å². The molecule has 0 N–H and O–H groups in total. The van der Waals surface area contributed by atoms with Crippen molar-refractivity contribution in [2.24, 2.45) is 15.9 Å². The molecule has 1 fully saturated rings. The fraction of sp³-hybridized carbons (Fsp3) is 0.394. The van der Waals surface area contributed by atoms with Crippen molar-refractivity contribution in [3.63, 3.8) is 0 Å². The Hall–Kier alpha value is -4.60. The predicted octanol–water partition coefficient (Wildman–Crippen LogP) is 5.61. The van der Waals surface area contributed by atoms with E-state index in [-0.39, 0.29) is 23.9 Å². The number of rotatable bonds is 9. The van der Waals surface area contributed by atoms with Crippen molar-refractivity contribution < 1.29 is 28.5 Å². The van der Waals surface area contributed by atoms with E-state index in [1.807, 2.05) is 31.8 Å². The number of carbonyl (C=O) groups excluding carboxylic acids is 2. The molecule has 1 aliphatic carbocycles. The zero-order valence-electron chi connectivity index (χ0n) is 24.5. The van der Waals surface area contributed by atoms with Gasteiger partial charge in [0.1, 0.15) is 0 Å². The summed E-state index contributed by atoms with van der Waals surface area (Å²) in [5.74, 6) is 2.42. The summed E-state index contributed by atoms with van der Waals surface area (Å²) in [6.45, 7) is 2.71. The van der Waals surface area contributed by atoms with Gasteiger partial charge in [-0.3, -0.25) is 19.6 Å². The first-order valence-corrected chi connectivity index (χ1v) is 14.7. The van der Waals surface area contributed by atoms with Crippen LogP contribution in [0.4, 0.5) is 11.4 Å². The van der Waals surface area contributed by atoms with E-state index < -0.39 is 0 Å². The molecule has 0 unspecified atom stereocenters. The van der Waals surface area contributed by atoms with Gasteiger partial charge in [0.15, 0.2) is 23.0 Å². The first kappa shape index (κ1) is 27.2. The molecule has 5 aliphatic rings. The summed E-state index contributed by atoms with van der Waals surface area (Å²) >= 11 is 0. The number of ether oxygens (including phenoxy) is 4. The van der Waals surface area contributed by atoms with Crippen LogP contribution in [0.15, 0.2) is 57.8 Å². The molecule has 0 spiro atoms. The van der Waals surface area contributed by atoms with Gasteiger partial charge >= 0.3 is 0 Å². The van der Waals surface area contributed by atoms with E-state index in [9.17, 15) is 9.59 Å². The van der Waals surface area contributed by atoms with Crippen LogP contribution in [0.3, 0.4) is 0 Å². The Balaban J connectivity index is 1.00. The van der Waals surface area contributed by atoms with Gasteiger partial charge in [-0.05, 0) is 56.2 Å². The molecule has 43 heavy (non-hydrogen) atoms. The van der Waals surface area contributed by atoms with Gasteiger partial charge in [-0.15, -0.1) is 0 Å². The second-order valence-corrected chi connectivity index (χ2v) is 11.6. The summed E-state index contributed by atoms with van der Waals surface area (Å²) < 4.78 is 23.2. The Kier molecular flexibility index (Phi) is 6.91. The molecule has 4 aliphatic heterocycles. The highest BCUT2D eigenvalue weighted by Gasteiger charge is 2.38. The summed E-state index contributed by atoms with van der Waals surface area (Å²) in [5.41, 5.74) is 4.61. The van der Waals surface area contributed by atoms with E-state index >= 15 is 0 Å². The smallest absolute Gasteiger partial charge is 0.260 e. The van der Waals surface area contributed by atoms with Crippen molar-refractivity contribution in [1.82, 2.24) is 9.80 Å². The minimum Gasteiger partial charge on any atom is -0.493 e. The first-order valence-electron chi connectivity index (χ1n) is 14.7. The molecular formula is C33H34N4O6. The maximum Gasteiger partial charge on any atom is 0.260 e. The Morgan fingerprint density at radius 1 is 0.744 bits per heavy atom. The van der Waals surface area contributed by atoms with Gasteiger partial charge in [0.05, 0.1) is 62.0 Å². The maximum atomic E-state index is 13.4. The number of hydrogen-bond donors (Lipinski definition) is 0. The number of methoxy groups -OCH3 is 2. The molecule has 2 aromatic carbocycles. The lowest BCUT2D eigenvalue weighted by Gasteiger charge is -2.19. The summed E-state index contributed by atoms with van der Waals surface area (Å²) in [6, 6.07) is 6.81. The highest BCUT2D eigenvalue weighted by atomic mass is 16.5. The first-order chi connectivity index (χ1) is 20.9. The molecule has 0 aromatic heterocycles. The summed E-state index contributed by atoms with van der Waals surface area (Å²) in [7, 11) is 3.11. The van der Waals surface area contributed by atoms with E-state index in [2.05, 4.69) is 9.98 Å². The molecule has 1 saturated carbocycles. The minimum absolute atomic E-state index is 0.0463. The van der Waals surface area contributed by atoms with Gasteiger partial charge in [0.25, 0.3) is 11.8 Å². The molecule has 2 amide bonds. The quantitative estimate of drug-likeness (QED) is 0.356. The van der Waals surface area contributed by atoms with E-state index in [4.69, 9.17) is 18.9 Å². The molecule has 0 radical (unpaired) electrons. The number of fused-ring (bicyclic) bond motifs is 4. The standard InChI is InChI=1S/C33H34N4O6/c1-19-9-22-15-34-26-13-30(28(40-2)11-24(26)32(38)36(22)17-19)42-7-4-8-43-31-14-27-25(12-29(31)41-3)33(39)37-18-21(20-5-6-20)10-23(37)16-35-27/h11-18,20,22-23H,4-10H2,1-3H3/t22-,23-/m0/s1. The summed E-state index contributed by atoms with van der Waals surface area (Å²) in [4.78, 5) is 39.4. The van der Waals surface area contributed by atoms with Crippen LogP contribution in [-0.2, 0) is 0 Å². The number of hydrogen-bond acceptors (Lipinski definition) is 8. The Morgan fingerprint density at radius 3 is 1.81 bits per heavy atom. The zero-order chi connectivity index (χ0) is 29.7. The van der Waals surface area contributed by atoms with E-state index in [0.717, 1.165) is 18.4 Å². The van der Waals surface area contributed by atoms with E-state index in [1.165, 1.54) is 18.4 Å². The summed E-state index contributed by atoms with van der Waals surface area (Å²) in [6.07, 6.45) is 12.2. The maximum absolute atomic E-state index is 13.4. The lowest BCUT2D eigenvalue weighted by molar-refractivity contribution is 0.0809. The van der Waals surface area contributed by atoms with Crippen LogP contribution >= 0.6 is 0 Å². The van der Waals surface area contributed by atoms with E-state index in [0.29, 0.717) is 71.1 Å². The Labute approximate surface area is 250 Å². The Morgan fingerprint density at radius 2 is 1.28 bits per heavy atom. The van der Waals surface area contributed by atoms with Crippen LogP contribution in [0.5, 0.6) is 23.0 Å². The van der Waals surface area contributed by atoms with Gasteiger partial charge in [-0.1, -0.05) is 5.57 Å². The number of nitrogens with zero attached hydrogens (tertiary/aromatic N) is 4. The number of benzene rings is 2. The van der Waals surface area contributed by atoms with Crippen LogP contribution in [0.25, 0.3) is 0 Å². The lowest BCUT2D eigenvalue weighted by atomic mass is 10.1. The molecule has 7 rings (SSSR count). The van der Waals surface area contributed by atoms with Crippen LogP contribution in [0.1, 0.15) is 59.7 Å². The van der Waals surface area contributed by atoms with Crippen LogP contribution in [-0.4, -0.2) is 73.6 Å². The van der Waals surface area contributed by atoms with Gasteiger partial charge < -0.3 is 28.7 Å². The van der Waals surface area contributed by atoms with Crippen molar-refractivity contribution in [3.05, 3.63) is 58.9 Å². The molecule has 10 nitrogen and oxygen atoms in total. The SMILES string of the molecule is COc1cc2c(cc1OCCCOc1cc3c(cc1OC)C(=O)N1C=C(C4CC4)C[C@H]1C=N3)N=C[C@@H]1CC(C)=CN1C2=O. The number of aliphatic imine (C=N–C) groups is 2. The second kappa shape index (κ2) is 10.9. The minimum atomic E-state index is -0.104. The molecule has 0 saturated heterocycles. The van der Waals surface area contributed by atoms with E-state index in [1.54, 1.807) is 48.3 Å². The number of carbonyl (C=O) groups is 2. The number of amides is 2. The van der Waals surface area contributed by atoms with Crippen LogP contribution < -0.4 is 18.9 Å². The molecule has 222 valence electrons. The average Bonchev–Trinajstić information content (AvgIpc) is 3.72. The second-order valence-electron chi connectivity index (χ2n) is 11.6. The van der Waals surface area contributed by atoms with Gasteiger partial charge in [-0.2, -0.15) is 0 Å².